The molecule has 1 aromatic heterocycles. The number of rotatable bonds is 2. The highest BCUT2D eigenvalue weighted by molar-refractivity contribution is 6.33. The minimum absolute atomic E-state index is 0.349. The van der Waals surface area contributed by atoms with Gasteiger partial charge in [-0.05, 0) is 43.0 Å². The number of esters is 1. The van der Waals surface area contributed by atoms with Crippen molar-refractivity contribution >= 4 is 34.0 Å². The molecule has 102 valence electrons. The third-order valence-corrected chi connectivity index (χ3v) is 3.89. The molecule has 0 fully saturated rings. The molecule has 0 aliphatic heterocycles. The van der Waals surface area contributed by atoms with E-state index in [2.05, 4.69) is 11.1 Å². The topological polar surface area (TPSA) is 39.2 Å². The van der Waals surface area contributed by atoms with Crippen LogP contribution in [0.2, 0.25) is 5.02 Å². The monoisotopic (exact) mass is 287 g/mol. The molecule has 0 unspecified atom stereocenters. The summed E-state index contributed by atoms with van der Waals surface area (Å²) in [5, 5.41) is 1.54. The summed E-state index contributed by atoms with van der Waals surface area (Å²) in [4.78, 5) is 16.0. The quantitative estimate of drug-likeness (QED) is 0.776. The minimum Gasteiger partial charge on any atom is -0.465 e. The van der Waals surface area contributed by atoms with Crippen molar-refractivity contribution in [2.45, 2.75) is 19.3 Å². The van der Waals surface area contributed by atoms with Crippen molar-refractivity contribution in [2.75, 3.05) is 7.11 Å². The van der Waals surface area contributed by atoms with Crippen LogP contribution in [0.4, 0.5) is 0 Å². The van der Waals surface area contributed by atoms with Crippen LogP contribution < -0.4 is 0 Å². The Hall–Kier alpha value is -1.87. The Labute approximate surface area is 122 Å². The van der Waals surface area contributed by atoms with Gasteiger partial charge >= 0.3 is 5.97 Å². The average molecular weight is 288 g/mol. The average Bonchev–Trinajstić information content (AvgIpc) is 2.99. The van der Waals surface area contributed by atoms with Crippen LogP contribution >= 0.6 is 11.6 Å². The summed E-state index contributed by atoms with van der Waals surface area (Å²) in [6, 6.07) is 5.37. The predicted octanol–water partition coefficient (Wildman–Crippen LogP) is 4.24. The Morgan fingerprint density at radius 3 is 2.95 bits per heavy atom. The zero-order chi connectivity index (χ0) is 14.1. The molecule has 0 spiro atoms. The Balaban J connectivity index is 2.25. The molecule has 0 saturated carbocycles. The lowest BCUT2D eigenvalue weighted by Crippen LogP contribution is -2.01. The van der Waals surface area contributed by atoms with Crippen LogP contribution in [0.1, 0.15) is 35.2 Å². The normalized spacial score (nSPS) is 14.4. The molecule has 3 rings (SSSR count). The number of ether oxygens (including phenoxy) is 1. The number of carbonyl (C=O) groups is 1. The SMILES string of the molecule is COC(=O)c1ccc2ncc(Cl)c(C3=CCCC3)c2c1. The fourth-order valence-corrected chi connectivity index (χ4v) is 2.91. The number of allylic oxidation sites excluding steroid dienone is 2. The first-order valence-corrected chi connectivity index (χ1v) is 6.94. The molecule has 1 heterocycles. The molecule has 4 heteroatoms. The second-order valence-electron chi connectivity index (χ2n) is 4.83. The summed E-state index contributed by atoms with van der Waals surface area (Å²) in [7, 11) is 1.38. The largest absolute Gasteiger partial charge is 0.465 e. The van der Waals surface area contributed by atoms with Crippen molar-refractivity contribution in [3.63, 3.8) is 0 Å². The van der Waals surface area contributed by atoms with Crippen molar-refractivity contribution in [3.8, 4) is 0 Å². The lowest BCUT2D eigenvalue weighted by molar-refractivity contribution is 0.0601. The van der Waals surface area contributed by atoms with Crippen molar-refractivity contribution in [1.29, 1.82) is 0 Å². The number of fused-ring (bicyclic) bond motifs is 1. The maximum atomic E-state index is 11.7. The van der Waals surface area contributed by atoms with Crippen LogP contribution in [-0.2, 0) is 4.74 Å². The molecule has 1 aliphatic carbocycles. The van der Waals surface area contributed by atoms with Crippen molar-refractivity contribution < 1.29 is 9.53 Å². The molecule has 0 saturated heterocycles. The van der Waals surface area contributed by atoms with Crippen LogP contribution in [-0.4, -0.2) is 18.1 Å². The van der Waals surface area contributed by atoms with Gasteiger partial charge in [-0.25, -0.2) is 4.79 Å². The smallest absolute Gasteiger partial charge is 0.337 e. The first-order valence-electron chi connectivity index (χ1n) is 6.56. The fraction of sp³-hybridized carbons (Fsp3) is 0.250. The molecule has 1 aromatic carbocycles. The summed E-state index contributed by atoms with van der Waals surface area (Å²) in [6.45, 7) is 0. The third kappa shape index (κ3) is 2.18. The highest BCUT2D eigenvalue weighted by Crippen LogP contribution is 2.36. The highest BCUT2D eigenvalue weighted by Gasteiger charge is 2.16. The lowest BCUT2D eigenvalue weighted by Gasteiger charge is -2.10. The molecule has 3 nitrogen and oxygen atoms in total. The number of nitrogens with zero attached hydrogens (tertiary/aromatic N) is 1. The number of benzene rings is 1. The number of aromatic nitrogens is 1. The number of hydrogen-bond acceptors (Lipinski definition) is 3. The number of carbonyl (C=O) groups excluding carboxylic acids is 1. The molecule has 0 bridgehead atoms. The number of methoxy groups -OCH3 is 1. The highest BCUT2D eigenvalue weighted by atomic mass is 35.5. The van der Waals surface area contributed by atoms with E-state index in [0.29, 0.717) is 10.6 Å². The standard InChI is InChI=1S/C16H14ClNO2/c1-20-16(19)11-6-7-14-12(8-11)15(13(17)9-18-14)10-4-2-3-5-10/h4,6-9H,2-3,5H2,1H3. The van der Waals surface area contributed by atoms with Gasteiger partial charge in [0.2, 0.25) is 0 Å². The summed E-state index contributed by atoms with van der Waals surface area (Å²) < 4.78 is 4.77. The van der Waals surface area contributed by atoms with Crippen molar-refractivity contribution in [3.05, 3.63) is 46.6 Å². The van der Waals surface area contributed by atoms with E-state index in [1.54, 1.807) is 12.3 Å². The van der Waals surface area contributed by atoms with E-state index in [1.807, 2.05) is 12.1 Å². The second-order valence-corrected chi connectivity index (χ2v) is 5.23. The van der Waals surface area contributed by atoms with Gasteiger partial charge in [0.1, 0.15) is 0 Å². The van der Waals surface area contributed by atoms with E-state index in [9.17, 15) is 4.79 Å². The van der Waals surface area contributed by atoms with Gasteiger partial charge in [-0.3, -0.25) is 4.98 Å². The van der Waals surface area contributed by atoms with Gasteiger partial charge in [-0.15, -0.1) is 0 Å². The second kappa shape index (κ2) is 5.25. The van der Waals surface area contributed by atoms with Crippen LogP contribution in [0, 0.1) is 0 Å². The molecule has 0 atom stereocenters. The molecule has 20 heavy (non-hydrogen) atoms. The first-order chi connectivity index (χ1) is 9.70. The van der Waals surface area contributed by atoms with Gasteiger partial charge in [-0.2, -0.15) is 0 Å². The molecule has 0 N–H and O–H groups in total. The zero-order valence-electron chi connectivity index (χ0n) is 11.1. The van der Waals surface area contributed by atoms with Crippen LogP contribution in [0.5, 0.6) is 0 Å². The summed E-state index contributed by atoms with van der Waals surface area (Å²) >= 11 is 6.33. The maximum absolute atomic E-state index is 11.7. The van der Waals surface area contributed by atoms with Gasteiger partial charge in [0, 0.05) is 17.1 Å². The van der Waals surface area contributed by atoms with Crippen LogP contribution in [0.3, 0.4) is 0 Å². The Kier molecular flexibility index (Phi) is 3.45. The van der Waals surface area contributed by atoms with E-state index in [1.165, 1.54) is 12.7 Å². The van der Waals surface area contributed by atoms with E-state index < -0.39 is 0 Å². The third-order valence-electron chi connectivity index (χ3n) is 3.60. The summed E-state index contributed by atoms with van der Waals surface area (Å²) in [5.74, 6) is -0.349. The van der Waals surface area contributed by atoms with E-state index in [-0.39, 0.29) is 5.97 Å². The predicted molar refractivity (Wildman–Crippen MR) is 79.9 cm³/mol. The maximum Gasteiger partial charge on any atom is 0.337 e. The molecular weight excluding hydrogens is 274 g/mol. The molecule has 2 aromatic rings. The van der Waals surface area contributed by atoms with E-state index in [4.69, 9.17) is 16.3 Å². The number of hydrogen-bond donors (Lipinski definition) is 0. The summed E-state index contributed by atoms with van der Waals surface area (Å²) in [5.41, 5.74) is 3.60. The fourth-order valence-electron chi connectivity index (χ4n) is 2.64. The zero-order valence-corrected chi connectivity index (χ0v) is 11.9. The molecular formula is C16H14ClNO2. The molecule has 1 aliphatic rings. The first kappa shape index (κ1) is 13.1. The van der Waals surface area contributed by atoms with Crippen LogP contribution in [0.25, 0.3) is 16.5 Å². The van der Waals surface area contributed by atoms with Gasteiger partial charge in [0.05, 0.1) is 23.2 Å². The van der Waals surface area contributed by atoms with Gasteiger partial charge in [-0.1, -0.05) is 17.7 Å². The van der Waals surface area contributed by atoms with E-state index in [0.717, 1.165) is 35.7 Å². The van der Waals surface area contributed by atoms with Crippen molar-refractivity contribution in [2.24, 2.45) is 0 Å². The number of halogens is 1. The Morgan fingerprint density at radius 2 is 2.25 bits per heavy atom. The molecule has 0 amide bonds. The Morgan fingerprint density at radius 1 is 1.40 bits per heavy atom. The van der Waals surface area contributed by atoms with Gasteiger partial charge in [0.25, 0.3) is 0 Å². The van der Waals surface area contributed by atoms with Gasteiger partial charge < -0.3 is 4.74 Å². The van der Waals surface area contributed by atoms with Crippen LogP contribution in [0.15, 0.2) is 30.5 Å². The minimum atomic E-state index is -0.349. The van der Waals surface area contributed by atoms with Crippen molar-refractivity contribution in [1.82, 2.24) is 4.98 Å². The Bertz CT molecular complexity index is 722. The van der Waals surface area contributed by atoms with E-state index >= 15 is 0 Å². The number of pyridine rings is 1. The summed E-state index contributed by atoms with van der Waals surface area (Å²) in [6.07, 6.45) is 7.13. The lowest BCUT2D eigenvalue weighted by atomic mass is 9.99. The van der Waals surface area contributed by atoms with Gasteiger partial charge in [0.15, 0.2) is 0 Å². The molecule has 0 radical (unpaired) electrons.